The number of nitrogens with one attached hydrogen (secondary N) is 2. The highest BCUT2D eigenvalue weighted by atomic mass is 35.5. The maximum Gasteiger partial charge on any atom is 0.170 e. The van der Waals surface area contributed by atoms with Crippen molar-refractivity contribution in [2.75, 3.05) is 11.9 Å². The number of hydrogen-bond acceptors (Lipinski definition) is 2. The lowest BCUT2D eigenvalue weighted by Crippen LogP contribution is -2.29. The van der Waals surface area contributed by atoms with E-state index in [1.165, 1.54) is 5.56 Å². The molecule has 0 heterocycles. The first-order valence-corrected chi connectivity index (χ1v) is 9.60. The number of halogens is 1. The van der Waals surface area contributed by atoms with Gasteiger partial charge in [-0.25, -0.2) is 0 Å². The van der Waals surface area contributed by atoms with E-state index in [1.807, 2.05) is 48.5 Å². The second-order valence-corrected chi connectivity index (χ2v) is 6.84. The molecule has 0 spiro atoms. The first-order valence-electron chi connectivity index (χ1n) is 8.82. The lowest BCUT2D eigenvalue weighted by atomic mass is 10.1. The minimum atomic E-state index is 0.584. The maximum atomic E-state index is 6.11. The zero-order valence-electron chi connectivity index (χ0n) is 14.8. The highest BCUT2D eigenvalue weighted by Crippen LogP contribution is 2.29. The number of ether oxygens (including phenoxy) is 1. The van der Waals surface area contributed by atoms with Crippen molar-refractivity contribution in [3.8, 4) is 11.5 Å². The first-order chi connectivity index (χ1) is 13.2. The molecule has 5 heteroatoms. The van der Waals surface area contributed by atoms with Gasteiger partial charge in [-0.3, -0.25) is 0 Å². The number of rotatable bonds is 7. The predicted octanol–water partition coefficient (Wildman–Crippen LogP) is 6.05. The predicted molar refractivity (Wildman–Crippen MR) is 117 cm³/mol. The number of aryl methyl sites for hydroxylation is 1. The second kappa shape index (κ2) is 9.95. The second-order valence-electron chi connectivity index (χ2n) is 6.03. The number of anilines is 1. The Kier molecular flexibility index (Phi) is 7.08. The molecule has 0 aliphatic carbocycles. The van der Waals surface area contributed by atoms with Crippen molar-refractivity contribution < 1.29 is 4.74 Å². The summed E-state index contributed by atoms with van der Waals surface area (Å²) < 4.78 is 5.78. The zero-order chi connectivity index (χ0) is 18.9. The van der Waals surface area contributed by atoms with Crippen molar-refractivity contribution in [2.45, 2.75) is 12.8 Å². The summed E-state index contributed by atoms with van der Waals surface area (Å²) >= 11 is 11.5. The number of hydrogen-bond donors (Lipinski definition) is 2. The molecule has 2 N–H and O–H groups in total. The van der Waals surface area contributed by atoms with Gasteiger partial charge in [0.25, 0.3) is 0 Å². The summed E-state index contributed by atoms with van der Waals surface area (Å²) in [6, 6.07) is 25.4. The standard InChI is InChI=1S/C22H21ClN2OS/c23-20-10-4-5-11-21(20)26-19-14-12-18(13-15-19)25-22(27)24-16-6-9-17-7-2-1-3-8-17/h1-5,7-8,10-15H,6,9,16H2,(H2,24,25,27). The summed E-state index contributed by atoms with van der Waals surface area (Å²) in [5.41, 5.74) is 2.24. The molecule has 0 unspecified atom stereocenters. The number of benzene rings is 3. The van der Waals surface area contributed by atoms with Crippen molar-refractivity contribution in [3.63, 3.8) is 0 Å². The van der Waals surface area contributed by atoms with Crippen LogP contribution >= 0.6 is 23.8 Å². The molecular formula is C22H21ClN2OS. The van der Waals surface area contributed by atoms with Crippen LogP contribution < -0.4 is 15.4 Å². The van der Waals surface area contributed by atoms with Crippen LogP contribution in [0.4, 0.5) is 5.69 Å². The van der Waals surface area contributed by atoms with Crippen molar-refractivity contribution in [2.24, 2.45) is 0 Å². The lowest BCUT2D eigenvalue weighted by molar-refractivity contribution is 0.483. The Bertz CT molecular complexity index is 869. The molecule has 0 saturated carbocycles. The third-order valence-corrected chi connectivity index (χ3v) is 4.51. The first kappa shape index (κ1) is 19.2. The van der Waals surface area contributed by atoms with E-state index >= 15 is 0 Å². The van der Waals surface area contributed by atoms with E-state index < -0.39 is 0 Å². The summed E-state index contributed by atoms with van der Waals surface area (Å²) in [7, 11) is 0. The van der Waals surface area contributed by atoms with Gasteiger partial charge in [0.2, 0.25) is 0 Å². The van der Waals surface area contributed by atoms with E-state index in [0.717, 1.165) is 30.8 Å². The number of thiocarbonyl (C=S) groups is 1. The van der Waals surface area contributed by atoms with Crippen molar-refractivity contribution in [1.29, 1.82) is 0 Å². The fraction of sp³-hybridized carbons (Fsp3) is 0.136. The molecule has 0 aromatic heterocycles. The van der Waals surface area contributed by atoms with Gasteiger partial charge in [-0.05, 0) is 67.0 Å². The normalized spacial score (nSPS) is 10.3. The molecule has 0 aliphatic rings. The minimum absolute atomic E-state index is 0.584. The van der Waals surface area contributed by atoms with Crippen molar-refractivity contribution in [1.82, 2.24) is 5.32 Å². The summed E-state index contributed by atoms with van der Waals surface area (Å²) in [6.45, 7) is 0.828. The molecule has 3 aromatic carbocycles. The summed E-state index contributed by atoms with van der Waals surface area (Å²) in [4.78, 5) is 0. The van der Waals surface area contributed by atoms with Gasteiger partial charge >= 0.3 is 0 Å². The molecule has 0 bridgehead atoms. The van der Waals surface area contributed by atoms with E-state index in [9.17, 15) is 0 Å². The fourth-order valence-corrected chi connectivity index (χ4v) is 2.97. The molecule has 0 aliphatic heterocycles. The molecule has 0 fully saturated rings. The quantitative estimate of drug-likeness (QED) is 0.376. The van der Waals surface area contributed by atoms with Gasteiger partial charge in [0.05, 0.1) is 5.02 Å². The van der Waals surface area contributed by atoms with Gasteiger partial charge in [0, 0.05) is 12.2 Å². The fourth-order valence-electron chi connectivity index (χ4n) is 2.58. The summed E-state index contributed by atoms with van der Waals surface area (Å²) in [5.74, 6) is 1.35. The van der Waals surface area contributed by atoms with Gasteiger partial charge in [-0.15, -0.1) is 0 Å². The van der Waals surface area contributed by atoms with Crippen LogP contribution in [0.1, 0.15) is 12.0 Å². The molecule has 138 valence electrons. The average Bonchev–Trinajstić information content (AvgIpc) is 2.69. The van der Waals surface area contributed by atoms with Gasteiger partial charge in [-0.1, -0.05) is 54.1 Å². The van der Waals surface area contributed by atoms with Crippen LogP contribution in [0, 0.1) is 0 Å². The molecule has 3 aromatic rings. The van der Waals surface area contributed by atoms with Crippen LogP contribution in [0.15, 0.2) is 78.9 Å². The highest BCUT2D eigenvalue weighted by molar-refractivity contribution is 7.80. The van der Waals surface area contributed by atoms with Crippen LogP contribution in [0.3, 0.4) is 0 Å². The zero-order valence-corrected chi connectivity index (χ0v) is 16.4. The largest absolute Gasteiger partial charge is 0.456 e. The van der Waals surface area contributed by atoms with E-state index in [0.29, 0.717) is 15.9 Å². The maximum absolute atomic E-state index is 6.11. The molecule has 0 amide bonds. The molecule has 0 radical (unpaired) electrons. The highest BCUT2D eigenvalue weighted by Gasteiger charge is 2.03. The van der Waals surface area contributed by atoms with Crippen LogP contribution in [0.25, 0.3) is 0 Å². The Morgan fingerprint density at radius 1 is 0.889 bits per heavy atom. The van der Waals surface area contributed by atoms with Gasteiger partial charge in [0.15, 0.2) is 5.11 Å². The Labute approximate surface area is 170 Å². The van der Waals surface area contributed by atoms with Crippen LogP contribution in [0.2, 0.25) is 5.02 Å². The lowest BCUT2D eigenvalue weighted by Gasteiger charge is -2.12. The van der Waals surface area contributed by atoms with Crippen molar-refractivity contribution in [3.05, 3.63) is 89.4 Å². The Morgan fingerprint density at radius 3 is 2.33 bits per heavy atom. The molecule has 3 rings (SSSR count). The Balaban J connectivity index is 1.42. The number of para-hydroxylation sites is 1. The average molecular weight is 397 g/mol. The van der Waals surface area contributed by atoms with E-state index in [-0.39, 0.29) is 0 Å². The SMILES string of the molecule is S=C(NCCCc1ccccc1)Nc1ccc(Oc2ccccc2Cl)cc1. The molecule has 27 heavy (non-hydrogen) atoms. The summed E-state index contributed by atoms with van der Waals surface area (Å²) in [6.07, 6.45) is 2.06. The summed E-state index contributed by atoms with van der Waals surface area (Å²) in [5, 5.41) is 7.61. The van der Waals surface area contributed by atoms with Crippen LogP contribution in [-0.4, -0.2) is 11.7 Å². The van der Waals surface area contributed by atoms with E-state index in [4.69, 9.17) is 28.6 Å². The van der Waals surface area contributed by atoms with Gasteiger partial charge in [-0.2, -0.15) is 0 Å². The molecular weight excluding hydrogens is 376 g/mol. The van der Waals surface area contributed by atoms with Crippen molar-refractivity contribution >= 4 is 34.6 Å². The third-order valence-electron chi connectivity index (χ3n) is 3.95. The monoisotopic (exact) mass is 396 g/mol. The third kappa shape index (κ3) is 6.27. The van der Waals surface area contributed by atoms with Crippen LogP contribution in [0.5, 0.6) is 11.5 Å². The van der Waals surface area contributed by atoms with Gasteiger partial charge in [0.1, 0.15) is 11.5 Å². The Hall–Kier alpha value is -2.56. The smallest absolute Gasteiger partial charge is 0.170 e. The minimum Gasteiger partial charge on any atom is -0.456 e. The van der Waals surface area contributed by atoms with E-state index in [2.05, 4.69) is 34.9 Å². The van der Waals surface area contributed by atoms with Crippen LogP contribution in [-0.2, 0) is 6.42 Å². The molecule has 0 atom stereocenters. The molecule has 0 saturated heterocycles. The Morgan fingerprint density at radius 2 is 1.59 bits per heavy atom. The molecule has 3 nitrogen and oxygen atoms in total. The van der Waals surface area contributed by atoms with E-state index in [1.54, 1.807) is 6.07 Å². The van der Waals surface area contributed by atoms with Gasteiger partial charge < -0.3 is 15.4 Å². The topological polar surface area (TPSA) is 33.3 Å².